The molecule has 0 saturated heterocycles. The molecule has 9 nitrogen and oxygen atoms in total. The number of aliphatic hydroxyl groups is 7. The van der Waals surface area contributed by atoms with Crippen LogP contribution in [0, 0.1) is 0 Å². The van der Waals surface area contributed by atoms with E-state index in [2.05, 4.69) is 0 Å². The maximum Gasteiger partial charge on any atom is 0.336 e. The second kappa shape index (κ2) is 3.71. The monoisotopic (exact) mass is 252 g/mol. The molecule has 0 fully saturated rings. The van der Waals surface area contributed by atoms with Gasteiger partial charge < -0.3 is 40.9 Å². The third-order valence-corrected chi connectivity index (χ3v) is 2.67. The van der Waals surface area contributed by atoms with E-state index in [4.69, 9.17) is 15.3 Å². The highest BCUT2D eigenvalue weighted by Gasteiger charge is 2.69. The normalized spacial score (nSPS) is 36.5. The van der Waals surface area contributed by atoms with Crippen molar-refractivity contribution in [2.24, 2.45) is 0 Å². The van der Waals surface area contributed by atoms with Crippen molar-refractivity contribution >= 4 is 5.97 Å². The van der Waals surface area contributed by atoms with Gasteiger partial charge in [0.05, 0.1) is 0 Å². The number of aliphatic hydroxyl groups excluding tert-OH is 2. The molecule has 1 aliphatic carbocycles. The highest BCUT2D eigenvalue weighted by Crippen LogP contribution is 2.39. The van der Waals surface area contributed by atoms with Crippen LogP contribution in [-0.4, -0.2) is 76.2 Å². The predicted molar refractivity (Wildman–Crippen MR) is 48.1 cm³/mol. The maximum atomic E-state index is 10.5. The Morgan fingerprint density at radius 1 is 1.18 bits per heavy atom. The first-order chi connectivity index (χ1) is 7.48. The fraction of sp³-hybridized carbons (Fsp3) is 0.625. The lowest BCUT2D eigenvalue weighted by Crippen LogP contribution is -2.77. The van der Waals surface area contributed by atoms with Gasteiger partial charge in [-0.3, -0.25) is 0 Å². The van der Waals surface area contributed by atoms with Crippen molar-refractivity contribution in [3.63, 3.8) is 0 Å². The van der Waals surface area contributed by atoms with E-state index in [-0.39, 0.29) is 0 Å². The van der Waals surface area contributed by atoms with Crippen LogP contribution in [0.5, 0.6) is 0 Å². The van der Waals surface area contributed by atoms with Crippen LogP contribution in [0.15, 0.2) is 12.2 Å². The summed E-state index contributed by atoms with van der Waals surface area (Å²) in [6, 6.07) is 0. The van der Waals surface area contributed by atoms with Gasteiger partial charge in [-0.1, -0.05) is 6.08 Å². The van der Waals surface area contributed by atoms with E-state index in [9.17, 15) is 30.3 Å². The molecule has 0 aromatic heterocycles. The Bertz CT molecular complexity index is 360. The van der Waals surface area contributed by atoms with Gasteiger partial charge in [-0.05, 0) is 6.08 Å². The number of carboxylic acid groups (broad SMARTS) is 1. The highest BCUT2D eigenvalue weighted by atomic mass is 16.6. The van der Waals surface area contributed by atoms with E-state index < -0.39 is 35.4 Å². The Labute approximate surface area is 94.1 Å². The summed E-state index contributed by atoms with van der Waals surface area (Å²) >= 11 is 0. The summed E-state index contributed by atoms with van der Waals surface area (Å²) in [6.07, 6.45) is -4.07. The number of rotatable bonds is 2. The van der Waals surface area contributed by atoms with Gasteiger partial charge in [-0.2, -0.15) is 0 Å². The van der Waals surface area contributed by atoms with Crippen molar-refractivity contribution in [2.75, 3.05) is 0 Å². The second-order valence-electron chi connectivity index (χ2n) is 3.77. The number of hydrogen-bond donors (Lipinski definition) is 8. The van der Waals surface area contributed by atoms with E-state index in [0.29, 0.717) is 12.2 Å². The maximum absolute atomic E-state index is 10.5. The Morgan fingerprint density at radius 3 is 2.06 bits per heavy atom. The molecule has 0 bridgehead atoms. The Morgan fingerprint density at radius 2 is 1.65 bits per heavy atom. The van der Waals surface area contributed by atoms with Gasteiger partial charge in [0.1, 0.15) is 6.10 Å². The molecule has 0 aromatic rings. The van der Waals surface area contributed by atoms with E-state index in [1.165, 1.54) is 0 Å². The van der Waals surface area contributed by atoms with Crippen molar-refractivity contribution in [3.05, 3.63) is 12.2 Å². The molecule has 9 heteroatoms. The van der Waals surface area contributed by atoms with E-state index in [1.54, 1.807) is 0 Å². The van der Waals surface area contributed by atoms with Crippen LogP contribution >= 0.6 is 0 Å². The Kier molecular flexibility index (Phi) is 3.06. The quantitative estimate of drug-likeness (QED) is 0.177. The lowest BCUT2D eigenvalue weighted by Gasteiger charge is -2.49. The molecule has 0 amide bonds. The summed E-state index contributed by atoms with van der Waals surface area (Å²) in [5.41, 5.74) is -3.30. The van der Waals surface area contributed by atoms with Crippen LogP contribution in [0.25, 0.3) is 0 Å². The van der Waals surface area contributed by atoms with Crippen molar-refractivity contribution in [1.29, 1.82) is 0 Å². The van der Waals surface area contributed by atoms with Gasteiger partial charge in [-0.15, -0.1) is 0 Å². The molecule has 17 heavy (non-hydrogen) atoms. The molecule has 0 radical (unpaired) electrons. The number of hydrogen-bond acceptors (Lipinski definition) is 8. The van der Waals surface area contributed by atoms with Crippen molar-refractivity contribution < 1.29 is 45.6 Å². The van der Waals surface area contributed by atoms with E-state index in [1.807, 2.05) is 0 Å². The fourth-order valence-electron chi connectivity index (χ4n) is 1.46. The smallest absolute Gasteiger partial charge is 0.336 e. The molecule has 0 saturated carbocycles. The van der Waals surface area contributed by atoms with E-state index in [0.717, 1.165) is 0 Å². The molecule has 98 valence electrons. The fourth-order valence-corrected chi connectivity index (χ4v) is 1.46. The first-order valence-electron chi connectivity index (χ1n) is 4.38. The SMILES string of the molecule is O=C(O)C(O)C1(O)C=CC(O)C(O)(O)C1(O)O. The molecule has 0 heterocycles. The summed E-state index contributed by atoms with van der Waals surface area (Å²) < 4.78 is 0. The average Bonchev–Trinajstić information content (AvgIpc) is 2.21. The third kappa shape index (κ3) is 1.65. The van der Waals surface area contributed by atoms with Crippen LogP contribution in [0.3, 0.4) is 0 Å². The molecule has 1 rings (SSSR count). The first kappa shape index (κ1) is 14.0. The van der Waals surface area contributed by atoms with Gasteiger partial charge in [0.2, 0.25) is 0 Å². The molecule has 0 aliphatic heterocycles. The van der Waals surface area contributed by atoms with Gasteiger partial charge in [0.15, 0.2) is 11.7 Å². The predicted octanol–water partition coefficient (Wildman–Crippen LogP) is -4.54. The number of carboxylic acids is 1. The van der Waals surface area contributed by atoms with Crippen molar-refractivity contribution in [2.45, 2.75) is 29.4 Å². The first-order valence-corrected chi connectivity index (χ1v) is 4.38. The van der Waals surface area contributed by atoms with Gasteiger partial charge >= 0.3 is 5.97 Å². The van der Waals surface area contributed by atoms with Crippen LogP contribution < -0.4 is 0 Å². The molecule has 1 aliphatic rings. The zero-order valence-electron chi connectivity index (χ0n) is 8.30. The molecule has 3 atom stereocenters. The Hall–Kier alpha value is -1.07. The summed E-state index contributed by atoms with van der Waals surface area (Å²) in [4.78, 5) is 10.5. The zero-order chi connectivity index (χ0) is 13.6. The molecule has 3 unspecified atom stereocenters. The average molecular weight is 252 g/mol. The van der Waals surface area contributed by atoms with Crippen LogP contribution in [0.2, 0.25) is 0 Å². The second-order valence-corrected chi connectivity index (χ2v) is 3.77. The lowest BCUT2D eigenvalue weighted by atomic mass is 9.75. The van der Waals surface area contributed by atoms with Crippen molar-refractivity contribution in [3.8, 4) is 0 Å². The standard InChI is InChI=1S/C8H12O9/c9-3-1-2-6(13,4(10)5(11)12)8(16,17)7(3,14)15/h1-4,9-10,13-17H,(H,11,12). The van der Waals surface area contributed by atoms with E-state index >= 15 is 0 Å². The third-order valence-electron chi connectivity index (χ3n) is 2.67. The Balaban J connectivity index is 3.35. The molecule has 0 aromatic carbocycles. The van der Waals surface area contributed by atoms with Gasteiger partial charge in [-0.25, -0.2) is 4.79 Å². The van der Waals surface area contributed by atoms with Crippen LogP contribution in [0.4, 0.5) is 0 Å². The molecular weight excluding hydrogens is 240 g/mol. The van der Waals surface area contributed by atoms with Crippen LogP contribution in [0.1, 0.15) is 0 Å². The minimum Gasteiger partial charge on any atom is -0.479 e. The van der Waals surface area contributed by atoms with Crippen LogP contribution in [-0.2, 0) is 4.79 Å². The summed E-state index contributed by atoms with van der Waals surface area (Å²) in [5.74, 6) is -9.59. The summed E-state index contributed by atoms with van der Waals surface area (Å²) in [5, 5.41) is 73.6. The lowest BCUT2D eigenvalue weighted by molar-refractivity contribution is -0.428. The topological polar surface area (TPSA) is 179 Å². The summed E-state index contributed by atoms with van der Waals surface area (Å²) in [7, 11) is 0. The molecule has 8 N–H and O–H groups in total. The minimum absolute atomic E-state index is 0.362. The highest BCUT2D eigenvalue weighted by molar-refractivity contribution is 5.74. The summed E-state index contributed by atoms with van der Waals surface area (Å²) in [6.45, 7) is 0. The van der Waals surface area contributed by atoms with Crippen molar-refractivity contribution in [1.82, 2.24) is 0 Å². The molecule has 0 spiro atoms. The molecular formula is C8H12O9. The minimum atomic E-state index is -3.90. The van der Waals surface area contributed by atoms with Gasteiger partial charge in [0.25, 0.3) is 11.6 Å². The zero-order valence-corrected chi connectivity index (χ0v) is 8.30. The largest absolute Gasteiger partial charge is 0.479 e. The number of carbonyl (C=O) groups is 1. The number of aliphatic carboxylic acids is 1. The van der Waals surface area contributed by atoms with Gasteiger partial charge in [0, 0.05) is 0 Å².